The summed E-state index contributed by atoms with van der Waals surface area (Å²) in [7, 11) is 6.62. The Morgan fingerprint density at radius 3 is 2.15 bits per heavy atom. The van der Waals surface area contributed by atoms with Crippen molar-refractivity contribution in [2.45, 2.75) is 6.04 Å². The maximum atomic E-state index is 6.29. The molecular formula is C14H19N3O3. The molecule has 1 heterocycles. The van der Waals surface area contributed by atoms with E-state index in [1.165, 1.54) is 0 Å². The minimum absolute atomic E-state index is 0.349. The van der Waals surface area contributed by atoms with E-state index in [-0.39, 0.29) is 6.04 Å². The van der Waals surface area contributed by atoms with E-state index in [4.69, 9.17) is 19.9 Å². The van der Waals surface area contributed by atoms with Crippen molar-refractivity contribution in [2.75, 3.05) is 21.3 Å². The molecule has 0 radical (unpaired) electrons. The standard InChI is InChI=1S/C14H19N3O3/c1-17-8-9(7-16-17)14(15)10-5-12(19-3)13(20-4)6-11(10)18-2/h5-8,14H,15H2,1-4H3. The van der Waals surface area contributed by atoms with Crippen LogP contribution >= 0.6 is 0 Å². The van der Waals surface area contributed by atoms with Gasteiger partial charge in [0.2, 0.25) is 0 Å². The number of rotatable bonds is 5. The van der Waals surface area contributed by atoms with E-state index < -0.39 is 0 Å². The van der Waals surface area contributed by atoms with Crippen molar-refractivity contribution < 1.29 is 14.2 Å². The minimum atomic E-state index is -0.349. The Morgan fingerprint density at radius 2 is 1.65 bits per heavy atom. The number of hydrogen-bond acceptors (Lipinski definition) is 5. The molecule has 108 valence electrons. The minimum Gasteiger partial charge on any atom is -0.496 e. The first kappa shape index (κ1) is 14.2. The lowest BCUT2D eigenvalue weighted by Crippen LogP contribution is -2.13. The molecule has 0 spiro atoms. The summed E-state index contributed by atoms with van der Waals surface area (Å²) < 4.78 is 17.7. The average molecular weight is 277 g/mol. The van der Waals surface area contributed by atoms with E-state index in [1.54, 1.807) is 38.3 Å². The summed E-state index contributed by atoms with van der Waals surface area (Å²) in [6.45, 7) is 0. The summed E-state index contributed by atoms with van der Waals surface area (Å²) in [6.07, 6.45) is 3.61. The first-order chi connectivity index (χ1) is 9.60. The molecule has 0 saturated carbocycles. The Labute approximate surface area is 118 Å². The second-order valence-corrected chi connectivity index (χ2v) is 4.37. The number of methoxy groups -OCH3 is 3. The lowest BCUT2D eigenvalue weighted by Gasteiger charge is -2.17. The number of nitrogens with two attached hydrogens (primary N) is 1. The Kier molecular flexibility index (Phi) is 4.14. The molecule has 20 heavy (non-hydrogen) atoms. The van der Waals surface area contributed by atoms with E-state index in [0.717, 1.165) is 11.1 Å². The largest absolute Gasteiger partial charge is 0.496 e. The van der Waals surface area contributed by atoms with Crippen LogP contribution in [-0.2, 0) is 7.05 Å². The van der Waals surface area contributed by atoms with Crippen molar-refractivity contribution >= 4 is 0 Å². The second kappa shape index (κ2) is 5.83. The van der Waals surface area contributed by atoms with Gasteiger partial charge in [-0.25, -0.2) is 0 Å². The van der Waals surface area contributed by atoms with Gasteiger partial charge in [0.15, 0.2) is 11.5 Å². The Bertz CT molecular complexity index is 595. The molecular weight excluding hydrogens is 258 g/mol. The van der Waals surface area contributed by atoms with E-state index in [0.29, 0.717) is 17.2 Å². The van der Waals surface area contributed by atoms with Gasteiger partial charge in [0.05, 0.1) is 33.6 Å². The van der Waals surface area contributed by atoms with E-state index in [1.807, 2.05) is 19.3 Å². The molecule has 0 saturated heterocycles. The van der Waals surface area contributed by atoms with Gasteiger partial charge in [0.1, 0.15) is 5.75 Å². The zero-order valence-corrected chi connectivity index (χ0v) is 12.1. The van der Waals surface area contributed by atoms with E-state index >= 15 is 0 Å². The zero-order valence-electron chi connectivity index (χ0n) is 12.1. The number of aryl methyl sites for hydroxylation is 1. The van der Waals surface area contributed by atoms with Gasteiger partial charge in [-0.05, 0) is 6.07 Å². The molecule has 1 unspecified atom stereocenters. The molecule has 1 aromatic carbocycles. The van der Waals surface area contributed by atoms with Gasteiger partial charge in [0.25, 0.3) is 0 Å². The van der Waals surface area contributed by atoms with Crippen molar-refractivity contribution in [3.63, 3.8) is 0 Å². The maximum absolute atomic E-state index is 6.29. The number of hydrogen-bond donors (Lipinski definition) is 1. The summed E-state index contributed by atoms with van der Waals surface area (Å²) in [6, 6.07) is 3.25. The fraction of sp³-hybridized carbons (Fsp3) is 0.357. The fourth-order valence-electron chi connectivity index (χ4n) is 2.08. The summed E-state index contributed by atoms with van der Waals surface area (Å²) in [5.41, 5.74) is 8.01. The Balaban J connectivity index is 2.49. The van der Waals surface area contributed by atoms with Crippen LogP contribution in [-0.4, -0.2) is 31.1 Å². The normalized spacial score (nSPS) is 12.1. The lowest BCUT2D eigenvalue weighted by atomic mass is 10.0. The third-order valence-electron chi connectivity index (χ3n) is 3.15. The van der Waals surface area contributed by atoms with Crippen molar-refractivity contribution in [1.29, 1.82) is 0 Å². The molecule has 6 heteroatoms. The monoisotopic (exact) mass is 277 g/mol. The summed E-state index contributed by atoms with van der Waals surface area (Å²) in [4.78, 5) is 0. The van der Waals surface area contributed by atoms with E-state index in [9.17, 15) is 0 Å². The highest BCUT2D eigenvalue weighted by atomic mass is 16.5. The molecule has 1 atom stereocenters. The van der Waals surface area contributed by atoms with Crippen LogP contribution in [0.15, 0.2) is 24.5 Å². The molecule has 1 aromatic heterocycles. The number of benzene rings is 1. The first-order valence-corrected chi connectivity index (χ1v) is 6.14. The van der Waals surface area contributed by atoms with Crippen molar-refractivity contribution in [3.05, 3.63) is 35.7 Å². The SMILES string of the molecule is COc1cc(OC)c(C(N)c2cnn(C)c2)cc1OC. The average Bonchev–Trinajstić information content (AvgIpc) is 2.91. The van der Waals surface area contributed by atoms with Crippen LogP contribution in [0, 0.1) is 0 Å². The molecule has 2 N–H and O–H groups in total. The van der Waals surface area contributed by atoms with Gasteiger partial charge in [-0.3, -0.25) is 4.68 Å². The topological polar surface area (TPSA) is 71.5 Å². The number of nitrogens with zero attached hydrogens (tertiary/aromatic N) is 2. The summed E-state index contributed by atoms with van der Waals surface area (Å²) in [5, 5.41) is 4.13. The number of ether oxygens (including phenoxy) is 3. The van der Waals surface area contributed by atoms with E-state index in [2.05, 4.69) is 5.10 Å². The highest BCUT2D eigenvalue weighted by Gasteiger charge is 2.19. The van der Waals surface area contributed by atoms with Crippen LogP contribution in [0.1, 0.15) is 17.2 Å². The van der Waals surface area contributed by atoms with Crippen LogP contribution in [0.2, 0.25) is 0 Å². The summed E-state index contributed by atoms with van der Waals surface area (Å²) >= 11 is 0. The molecule has 0 aliphatic carbocycles. The predicted molar refractivity (Wildman–Crippen MR) is 75.3 cm³/mol. The van der Waals surface area contributed by atoms with Gasteiger partial charge >= 0.3 is 0 Å². The predicted octanol–water partition coefficient (Wildman–Crippen LogP) is 1.49. The molecule has 6 nitrogen and oxygen atoms in total. The molecule has 0 aliphatic heterocycles. The Morgan fingerprint density at radius 1 is 1.05 bits per heavy atom. The van der Waals surface area contributed by atoms with Crippen molar-refractivity contribution in [3.8, 4) is 17.2 Å². The lowest BCUT2D eigenvalue weighted by molar-refractivity contribution is 0.347. The fourth-order valence-corrected chi connectivity index (χ4v) is 2.08. The van der Waals surface area contributed by atoms with Crippen LogP contribution < -0.4 is 19.9 Å². The zero-order chi connectivity index (χ0) is 14.7. The highest BCUT2D eigenvalue weighted by Crippen LogP contribution is 2.38. The van der Waals surface area contributed by atoms with Gasteiger partial charge < -0.3 is 19.9 Å². The highest BCUT2D eigenvalue weighted by molar-refractivity contribution is 5.53. The second-order valence-electron chi connectivity index (χ2n) is 4.37. The van der Waals surface area contributed by atoms with Crippen LogP contribution in [0.5, 0.6) is 17.2 Å². The smallest absolute Gasteiger partial charge is 0.164 e. The molecule has 0 bridgehead atoms. The van der Waals surface area contributed by atoms with Crippen molar-refractivity contribution in [1.82, 2.24) is 9.78 Å². The molecule has 2 aromatic rings. The summed E-state index contributed by atoms with van der Waals surface area (Å²) in [5.74, 6) is 1.87. The van der Waals surface area contributed by atoms with Gasteiger partial charge in [-0.2, -0.15) is 5.10 Å². The quantitative estimate of drug-likeness (QED) is 0.896. The molecule has 0 fully saturated rings. The van der Waals surface area contributed by atoms with Crippen LogP contribution in [0.4, 0.5) is 0 Å². The maximum Gasteiger partial charge on any atom is 0.164 e. The third kappa shape index (κ3) is 2.55. The van der Waals surface area contributed by atoms with Crippen molar-refractivity contribution in [2.24, 2.45) is 12.8 Å². The van der Waals surface area contributed by atoms with Crippen LogP contribution in [0.25, 0.3) is 0 Å². The first-order valence-electron chi connectivity index (χ1n) is 6.14. The number of aromatic nitrogens is 2. The van der Waals surface area contributed by atoms with Crippen LogP contribution in [0.3, 0.4) is 0 Å². The molecule has 2 rings (SSSR count). The third-order valence-corrected chi connectivity index (χ3v) is 3.15. The molecule has 0 aliphatic rings. The molecule has 0 amide bonds. The van der Waals surface area contributed by atoms with Gasteiger partial charge in [-0.1, -0.05) is 0 Å². The Hall–Kier alpha value is -2.21. The van der Waals surface area contributed by atoms with Gasteiger partial charge in [0, 0.05) is 30.4 Å². The van der Waals surface area contributed by atoms with Gasteiger partial charge in [-0.15, -0.1) is 0 Å².